The molecule has 3 aromatic heterocycles. The molecular formula is C29H27N7O2S. The Kier molecular flexibility index (Phi) is 7.29. The number of pyridine rings is 2. The minimum absolute atomic E-state index is 0.352. The molecule has 0 saturated carbocycles. The summed E-state index contributed by atoms with van der Waals surface area (Å²) in [6.45, 7) is 3.47. The van der Waals surface area contributed by atoms with E-state index in [1.54, 1.807) is 18.3 Å². The van der Waals surface area contributed by atoms with Crippen LogP contribution in [0, 0.1) is 5.92 Å². The second-order valence-electron chi connectivity index (χ2n) is 9.62. The number of aromatic nitrogens is 4. The highest BCUT2D eigenvalue weighted by Gasteiger charge is 2.25. The van der Waals surface area contributed by atoms with Crippen LogP contribution in [0.4, 0.5) is 10.7 Å². The molecule has 196 valence electrons. The Balaban J connectivity index is 1.02. The first-order chi connectivity index (χ1) is 19.1. The Morgan fingerprint density at radius 1 is 1.00 bits per heavy atom. The number of thioether (sulfide) groups is 1. The average molecular weight is 538 g/mol. The van der Waals surface area contributed by atoms with Gasteiger partial charge in [0, 0.05) is 49.2 Å². The number of hydrogen-bond donors (Lipinski definition) is 2. The van der Waals surface area contributed by atoms with Gasteiger partial charge in [-0.15, -0.1) is 0 Å². The number of rotatable bonds is 7. The predicted octanol–water partition coefficient (Wildman–Crippen LogP) is 4.42. The van der Waals surface area contributed by atoms with Gasteiger partial charge in [-0.25, -0.2) is 9.97 Å². The van der Waals surface area contributed by atoms with Gasteiger partial charge in [0.25, 0.3) is 11.1 Å². The van der Waals surface area contributed by atoms with E-state index < -0.39 is 0 Å². The number of para-hydroxylation sites is 1. The zero-order valence-corrected chi connectivity index (χ0v) is 22.0. The molecule has 5 heterocycles. The summed E-state index contributed by atoms with van der Waals surface area (Å²) in [5, 5.41) is 6.65. The Hall–Kier alpha value is -4.15. The molecule has 2 N–H and O–H groups in total. The van der Waals surface area contributed by atoms with Gasteiger partial charge in [0.1, 0.15) is 0 Å². The molecular weight excluding hydrogens is 510 g/mol. The zero-order chi connectivity index (χ0) is 26.6. The van der Waals surface area contributed by atoms with Crippen molar-refractivity contribution < 1.29 is 9.59 Å². The summed E-state index contributed by atoms with van der Waals surface area (Å²) in [6.07, 6.45) is 9.12. The number of carbonyl (C=O) groups is 2. The highest BCUT2D eigenvalue weighted by molar-refractivity contribution is 8.18. The van der Waals surface area contributed by atoms with E-state index in [-0.39, 0.29) is 11.1 Å². The second-order valence-corrected chi connectivity index (χ2v) is 10.6. The number of amides is 2. The van der Waals surface area contributed by atoms with E-state index in [1.807, 2.05) is 36.7 Å². The Morgan fingerprint density at radius 2 is 1.82 bits per heavy atom. The van der Waals surface area contributed by atoms with Crippen LogP contribution in [0.5, 0.6) is 0 Å². The third-order valence-electron chi connectivity index (χ3n) is 6.99. The van der Waals surface area contributed by atoms with E-state index in [1.165, 1.54) is 5.56 Å². The lowest BCUT2D eigenvalue weighted by atomic mass is 9.97. The van der Waals surface area contributed by atoms with Crippen LogP contribution in [0.2, 0.25) is 0 Å². The van der Waals surface area contributed by atoms with Gasteiger partial charge >= 0.3 is 0 Å². The summed E-state index contributed by atoms with van der Waals surface area (Å²) in [4.78, 5) is 43.9. The number of benzene rings is 1. The second kappa shape index (κ2) is 11.3. The third kappa shape index (κ3) is 5.81. The van der Waals surface area contributed by atoms with E-state index in [0.717, 1.165) is 72.9 Å². The lowest BCUT2D eigenvalue weighted by Crippen LogP contribution is -2.38. The molecule has 0 spiro atoms. The molecule has 0 radical (unpaired) electrons. The van der Waals surface area contributed by atoms with Crippen LogP contribution in [-0.4, -0.2) is 50.7 Å². The maximum Gasteiger partial charge on any atom is 0.290 e. The molecule has 9 nitrogen and oxygen atoms in total. The Morgan fingerprint density at radius 3 is 2.67 bits per heavy atom. The van der Waals surface area contributed by atoms with E-state index in [9.17, 15) is 9.59 Å². The zero-order valence-electron chi connectivity index (χ0n) is 21.2. The molecule has 39 heavy (non-hydrogen) atoms. The molecule has 2 fully saturated rings. The molecule has 2 amide bonds. The van der Waals surface area contributed by atoms with Gasteiger partial charge in [-0.05, 0) is 79.0 Å². The van der Waals surface area contributed by atoms with Gasteiger partial charge in [0.2, 0.25) is 5.95 Å². The molecule has 2 aliphatic heterocycles. The molecule has 10 heteroatoms. The van der Waals surface area contributed by atoms with Crippen LogP contribution in [0.3, 0.4) is 0 Å². The van der Waals surface area contributed by atoms with Crippen LogP contribution >= 0.6 is 11.8 Å². The van der Waals surface area contributed by atoms with E-state index in [0.29, 0.717) is 22.5 Å². The molecule has 1 aromatic carbocycles. The maximum absolute atomic E-state index is 11.8. The minimum Gasteiger partial charge on any atom is -0.341 e. The molecule has 0 aliphatic carbocycles. The summed E-state index contributed by atoms with van der Waals surface area (Å²) in [7, 11) is 0. The Bertz CT molecular complexity index is 1560. The Labute approximate surface area is 230 Å². The highest BCUT2D eigenvalue weighted by Crippen LogP contribution is 2.27. The fourth-order valence-corrected chi connectivity index (χ4v) is 5.63. The molecule has 6 rings (SSSR count). The van der Waals surface area contributed by atoms with Crippen molar-refractivity contribution >= 4 is 45.8 Å². The van der Waals surface area contributed by atoms with Gasteiger partial charge in [-0.2, -0.15) is 0 Å². The van der Waals surface area contributed by atoms with Crippen molar-refractivity contribution in [1.29, 1.82) is 0 Å². The number of fused-ring (bicyclic) bond motifs is 1. The van der Waals surface area contributed by atoms with Gasteiger partial charge < -0.3 is 10.2 Å². The van der Waals surface area contributed by atoms with E-state index in [4.69, 9.17) is 0 Å². The summed E-state index contributed by atoms with van der Waals surface area (Å²) in [5.41, 5.74) is 4.84. The standard InChI is InChI=1S/C29H27N7O2S/c37-27-26(39-29(38)35-27)16-21-6-11-33-28(34-21)36-13-8-19(9-14-36)17-30-18-20-5-10-32-25(15-20)23-7-12-31-24-4-2-1-3-22(23)24/h1-7,10-12,15-16,19,30H,8-9,13-14,17-18H2,(H,35,37,38). The molecule has 0 unspecified atom stereocenters. The number of hydrogen-bond acceptors (Lipinski definition) is 9. The van der Waals surface area contributed by atoms with Gasteiger partial charge in [-0.3, -0.25) is 24.9 Å². The minimum atomic E-state index is -0.382. The summed E-state index contributed by atoms with van der Waals surface area (Å²) in [5.74, 6) is 0.840. The first-order valence-corrected chi connectivity index (χ1v) is 13.8. The van der Waals surface area contributed by atoms with Crippen molar-refractivity contribution in [1.82, 2.24) is 30.6 Å². The van der Waals surface area contributed by atoms with Gasteiger partial charge in [-0.1, -0.05) is 18.2 Å². The highest BCUT2D eigenvalue weighted by atomic mass is 32.2. The van der Waals surface area contributed by atoms with Crippen LogP contribution in [0.1, 0.15) is 24.1 Å². The lowest BCUT2D eigenvalue weighted by molar-refractivity contribution is -0.115. The number of imide groups is 1. The largest absolute Gasteiger partial charge is 0.341 e. The fourth-order valence-electron chi connectivity index (χ4n) is 4.96. The van der Waals surface area contributed by atoms with Crippen molar-refractivity contribution in [3.8, 4) is 11.3 Å². The van der Waals surface area contributed by atoms with E-state index in [2.05, 4.69) is 53.7 Å². The topological polar surface area (TPSA) is 113 Å². The van der Waals surface area contributed by atoms with Crippen LogP contribution in [0.25, 0.3) is 28.2 Å². The fraction of sp³-hybridized carbons (Fsp3) is 0.241. The van der Waals surface area contributed by atoms with Crippen LogP contribution in [0.15, 0.2) is 72.0 Å². The van der Waals surface area contributed by atoms with Crippen LogP contribution < -0.4 is 15.5 Å². The quantitative estimate of drug-likeness (QED) is 0.331. The molecule has 0 bridgehead atoms. The van der Waals surface area contributed by atoms with Gasteiger partial charge in [0.15, 0.2) is 0 Å². The van der Waals surface area contributed by atoms with Crippen molar-refractivity contribution in [3.63, 3.8) is 0 Å². The normalized spacial score (nSPS) is 17.2. The van der Waals surface area contributed by atoms with Crippen molar-refractivity contribution in [3.05, 3.63) is 83.3 Å². The molecule has 4 aromatic rings. The molecule has 0 atom stereocenters. The van der Waals surface area contributed by atoms with Gasteiger partial charge in [0.05, 0.1) is 21.8 Å². The average Bonchev–Trinajstić information content (AvgIpc) is 3.29. The lowest BCUT2D eigenvalue weighted by Gasteiger charge is -2.32. The number of carbonyl (C=O) groups excluding carboxylic acids is 2. The first kappa shape index (κ1) is 25.1. The molecule has 2 saturated heterocycles. The summed E-state index contributed by atoms with van der Waals surface area (Å²) < 4.78 is 0. The van der Waals surface area contributed by atoms with E-state index >= 15 is 0 Å². The summed E-state index contributed by atoms with van der Waals surface area (Å²) >= 11 is 0.891. The predicted molar refractivity (Wildman–Crippen MR) is 153 cm³/mol. The first-order valence-electron chi connectivity index (χ1n) is 12.9. The number of nitrogens with zero attached hydrogens (tertiary/aromatic N) is 5. The van der Waals surface area contributed by atoms with Crippen molar-refractivity contribution in [2.24, 2.45) is 5.92 Å². The molecule has 2 aliphatic rings. The summed E-state index contributed by atoms with van der Waals surface area (Å²) in [6, 6.07) is 16.1. The number of nitrogens with one attached hydrogen (secondary N) is 2. The third-order valence-corrected chi connectivity index (χ3v) is 7.80. The van der Waals surface area contributed by atoms with Crippen LogP contribution in [-0.2, 0) is 11.3 Å². The van der Waals surface area contributed by atoms with Crippen molar-refractivity contribution in [2.45, 2.75) is 19.4 Å². The van der Waals surface area contributed by atoms with Crippen molar-refractivity contribution in [2.75, 3.05) is 24.5 Å². The number of piperidine rings is 1. The SMILES string of the molecule is O=C1NC(=O)C(=Cc2ccnc(N3CCC(CNCc4ccnc(-c5ccnc6ccccc56)c4)CC3)n2)S1. The monoisotopic (exact) mass is 537 g/mol. The smallest absolute Gasteiger partial charge is 0.290 e. The maximum atomic E-state index is 11.8. The number of anilines is 1.